The van der Waals surface area contributed by atoms with Gasteiger partial charge in [0.2, 0.25) is 0 Å². The molecule has 2 aliphatic rings. The number of aliphatic hydroxyl groups is 1. The van der Waals surface area contributed by atoms with E-state index in [-0.39, 0.29) is 0 Å². The van der Waals surface area contributed by atoms with E-state index in [9.17, 15) is 5.11 Å². The second-order valence-corrected chi connectivity index (χ2v) is 3.25. The molecular formula is C12H8O. The minimum absolute atomic E-state index is 0.413. The topological polar surface area (TPSA) is 20.2 Å². The van der Waals surface area contributed by atoms with Gasteiger partial charge in [0.25, 0.3) is 0 Å². The summed E-state index contributed by atoms with van der Waals surface area (Å²) in [7, 11) is 0. The summed E-state index contributed by atoms with van der Waals surface area (Å²) >= 11 is 0. The minimum Gasteiger partial charge on any atom is -0.507 e. The van der Waals surface area contributed by atoms with Crippen molar-refractivity contribution < 1.29 is 5.11 Å². The molecule has 1 aromatic rings. The van der Waals surface area contributed by atoms with E-state index in [1.807, 2.05) is 42.5 Å². The van der Waals surface area contributed by atoms with Crippen LogP contribution in [0.2, 0.25) is 0 Å². The maximum atomic E-state index is 9.84. The molecule has 0 heterocycles. The molecule has 1 N–H and O–H groups in total. The number of allylic oxidation sites excluding steroid dienone is 5. The van der Waals surface area contributed by atoms with E-state index in [4.69, 9.17) is 0 Å². The van der Waals surface area contributed by atoms with Crippen LogP contribution in [-0.2, 0) is 0 Å². The maximum Gasteiger partial charge on any atom is 0.131 e. The molecule has 0 saturated heterocycles. The molecule has 1 aromatic carbocycles. The molecule has 0 fully saturated rings. The fourth-order valence-electron chi connectivity index (χ4n) is 1.93. The summed E-state index contributed by atoms with van der Waals surface area (Å²) in [4.78, 5) is 0. The highest BCUT2D eigenvalue weighted by atomic mass is 16.3. The van der Waals surface area contributed by atoms with E-state index in [1.54, 1.807) is 0 Å². The molecule has 1 heteroatoms. The number of aliphatic hydroxyl groups excluding tert-OH is 1. The van der Waals surface area contributed by atoms with Crippen molar-refractivity contribution in [2.24, 2.45) is 0 Å². The standard InChI is InChI=1S/C12H8O/c13-12-10-5-2-1-4-8(10)9-6-3-7-11(9)12/h1-7,13H. The van der Waals surface area contributed by atoms with Gasteiger partial charge in [-0.05, 0) is 11.1 Å². The van der Waals surface area contributed by atoms with Gasteiger partial charge < -0.3 is 5.11 Å². The van der Waals surface area contributed by atoms with E-state index in [0.29, 0.717) is 5.76 Å². The van der Waals surface area contributed by atoms with Crippen LogP contribution in [0.5, 0.6) is 0 Å². The first-order valence-corrected chi connectivity index (χ1v) is 4.29. The summed E-state index contributed by atoms with van der Waals surface area (Å²) in [6.07, 6.45) is 5.96. The summed E-state index contributed by atoms with van der Waals surface area (Å²) in [5.41, 5.74) is 4.20. The predicted molar refractivity (Wildman–Crippen MR) is 53.1 cm³/mol. The smallest absolute Gasteiger partial charge is 0.131 e. The molecule has 0 amide bonds. The molecule has 0 aliphatic heterocycles. The quantitative estimate of drug-likeness (QED) is 0.631. The average molecular weight is 168 g/mol. The highest BCUT2D eigenvalue weighted by Crippen LogP contribution is 2.42. The Morgan fingerprint density at radius 3 is 2.62 bits per heavy atom. The Balaban J connectivity index is 2.38. The molecule has 0 aromatic heterocycles. The van der Waals surface area contributed by atoms with Gasteiger partial charge in [-0.15, -0.1) is 0 Å². The lowest BCUT2D eigenvalue weighted by atomic mass is 10.1. The van der Waals surface area contributed by atoms with E-state index >= 15 is 0 Å². The summed E-state index contributed by atoms with van der Waals surface area (Å²) in [6, 6.07) is 7.93. The Labute approximate surface area is 76.3 Å². The first kappa shape index (κ1) is 6.72. The summed E-state index contributed by atoms with van der Waals surface area (Å²) in [5, 5.41) is 9.84. The van der Waals surface area contributed by atoms with E-state index in [2.05, 4.69) is 0 Å². The zero-order valence-corrected chi connectivity index (χ0v) is 6.99. The Bertz CT molecular complexity index is 476. The van der Waals surface area contributed by atoms with E-state index < -0.39 is 0 Å². The highest BCUT2D eigenvalue weighted by Gasteiger charge is 2.25. The Morgan fingerprint density at radius 2 is 1.77 bits per heavy atom. The fraction of sp³-hybridized carbons (Fsp3) is 0. The van der Waals surface area contributed by atoms with Crippen LogP contribution < -0.4 is 0 Å². The Hall–Kier alpha value is -1.76. The van der Waals surface area contributed by atoms with Gasteiger partial charge in [-0.1, -0.05) is 42.5 Å². The lowest BCUT2D eigenvalue weighted by Crippen LogP contribution is -1.81. The molecule has 1 nitrogen and oxygen atoms in total. The normalized spacial score (nSPS) is 17.4. The van der Waals surface area contributed by atoms with Crippen LogP contribution in [0.3, 0.4) is 0 Å². The third kappa shape index (κ3) is 0.712. The first-order valence-electron chi connectivity index (χ1n) is 4.29. The van der Waals surface area contributed by atoms with E-state index in [0.717, 1.165) is 22.3 Å². The van der Waals surface area contributed by atoms with Crippen LogP contribution in [0.25, 0.3) is 11.3 Å². The van der Waals surface area contributed by atoms with Crippen LogP contribution in [0.1, 0.15) is 11.1 Å². The molecule has 0 atom stereocenters. The summed E-state index contributed by atoms with van der Waals surface area (Å²) in [6.45, 7) is 0. The van der Waals surface area contributed by atoms with Crippen LogP contribution in [-0.4, -0.2) is 5.11 Å². The Morgan fingerprint density at radius 1 is 1.00 bits per heavy atom. The largest absolute Gasteiger partial charge is 0.507 e. The summed E-state index contributed by atoms with van der Waals surface area (Å²) in [5.74, 6) is 0.413. The number of hydrogen-bond acceptors (Lipinski definition) is 1. The van der Waals surface area contributed by atoms with Crippen molar-refractivity contribution in [1.29, 1.82) is 0 Å². The van der Waals surface area contributed by atoms with Gasteiger partial charge in [0.05, 0.1) is 0 Å². The van der Waals surface area contributed by atoms with Crippen LogP contribution in [0.4, 0.5) is 0 Å². The van der Waals surface area contributed by atoms with Gasteiger partial charge in [0, 0.05) is 11.1 Å². The molecule has 2 aliphatic carbocycles. The maximum absolute atomic E-state index is 9.84. The lowest BCUT2D eigenvalue weighted by Gasteiger charge is -1.98. The molecule has 0 radical (unpaired) electrons. The van der Waals surface area contributed by atoms with Crippen molar-refractivity contribution in [2.45, 2.75) is 0 Å². The van der Waals surface area contributed by atoms with Gasteiger partial charge in [-0.2, -0.15) is 0 Å². The molecule has 0 spiro atoms. The van der Waals surface area contributed by atoms with Crippen LogP contribution in [0.15, 0.2) is 48.1 Å². The van der Waals surface area contributed by atoms with E-state index in [1.165, 1.54) is 0 Å². The van der Waals surface area contributed by atoms with Crippen molar-refractivity contribution >= 4 is 11.3 Å². The monoisotopic (exact) mass is 168 g/mol. The number of benzene rings is 1. The van der Waals surface area contributed by atoms with Crippen molar-refractivity contribution in [1.82, 2.24) is 0 Å². The molecule has 13 heavy (non-hydrogen) atoms. The Kier molecular flexibility index (Phi) is 1.10. The zero-order valence-electron chi connectivity index (χ0n) is 6.99. The van der Waals surface area contributed by atoms with Gasteiger partial charge in [0.1, 0.15) is 5.76 Å². The van der Waals surface area contributed by atoms with Crippen molar-refractivity contribution in [3.63, 3.8) is 0 Å². The van der Waals surface area contributed by atoms with Gasteiger partial charge in [-0.25, -0.2) is 0 Å². The minimum atomic E-state index is 0.413. The molecule has 0 bridgehead atoms. The number of fused-ring (bicyclic) bond motifs is 3. The number of rotatable bonds is 0. The predicted octanol–water partition coefficient (Wildman–Crippen LogP) is 2.92. The van der Waals surface area contributed by atoms with Crippen LogP contribution >= 0.6 is 0 Å². The molecular weight excluding hydrogens is 160 g/mol. The second kappa shape index (κ2) is 2.13. The second-order valence-electron chi connectivity index (χ2n) is 3.25. The lowest BCUT2D eigenvalue weighted by molar-refractivity contribution is 0.511. The average Bonchev–Trinajstić information content (AvgIpc) is 2.72. The van der Waals surface area contributed by atoms with Gasteiger partial charge in [0.15, 0.2) is 0 Å². The number of hydrogen-bond donors (Lipinski definition) is 1. The molecule has 0 unspecified atom stereocenters. The van der Waals surface area contributed by atoms with Gasteiger partial charge >= 0.3 is 0 Å². The van der Waals surface area contributed by atoms with Gasteiger partial charge in [-0.3, -0.25) is 0 Å². The van der Waals surface area contributed by atoms with Crippen molar-refractivity contribution in [3.8, 4) is 0 Å². The fourth-order valence-corrected chi connectivity index (χ4v) is 1.93. The zero-order chi connectivity index (χ0) is 8.84. The first-order chi connectivity index (χ1) is 6.38. The van der Waals surface area contributed by atoms with Crippen LogP contribution in [0, 0.1) is 0 Å². The molecule has 62 valence electrons. The highest BCUT2D eigenvalue weighted by molar-refractivity contribution is 6.02. The molecule has 3 rings (SSSR count). The third-order valence-corrected chi connectivity index (χ3v) is 2.54. The van der Waals surface area contributed by atoms with Crippen molar-refractivity contribution in [3.05, 3.63) is 59.2 Å². The molecule has 0 saturated carbocycles. The third-order valence-electron chi connectivity index (χ3n) is 2.54. The summed E-state index contributed by atoms with van der Waals surface area (Å²) < 4.78 is 0. The van der Waals surface area contributed by atoms with Crippen molar-refractivity contribution in [2.75, 3.05) is 0 Å². The SMILES string of the molecule is OC1=C2C=CC=C2c2ccccc21.